The number of halogens is 2. The van der Waals surface area contributed by atoms with E-state index in [0.717, 1.165) is 13.1 Å². The number of hydrogen-bond donors (Lipinski definition) is 1. The van der Waals surface area contributed by atoms with Crippen LogP contribution in [0, 0.1) is 0 Å². The van der Waals surface area contributed by atoms with Crippen LogP contribution < -0.4 is 9.47 Å². The van der Waals surface area contributed by atoms with E-state index in [4.69, 9.17) is 32.7 Å². The van der Waals surface area contributed by atoms with Crippen LogP contribution in [0.4, 0.5) is 0 Å². The highest BCUT2D eigenvalue weighted by Gasteiger charge is 2.46. The lowest BCUT2D eigenvalue weighted by Gasteiger charge is -2.28. The number of carbonyl (C=O) groups excluding carboxylic acids is 3. The van der Waals surface area contributed by atoms with Crippen molar-refractivity contribution in [3.05, 3.63) is 63.1 Å². The number of aliphatic hydroxyl groups excluding tert-OH is 1. The first-order chi connectivity index (χ1) is 17.1. The number of rotatable bonds is 9. The molecule has 36 heavy (non-hydrogen) atoms. The third-order valence-corrected chi connectivity index (χ3v) is 6.49. The Kier molecular flexibility index (Phi) is 9.00. The van der Waals surface area contributed by atoms with Crippen molar-refractivity contribution in [3.8, 4) is 11.5 Å². The lowest BCUT2D eigenvalue weighted by Crippen LogP contribution is -2.38. The zero-order chi connectivity index (χ0) is 26.6. The van der Waals surface area contributed by atoms with Gasteiger partial charge in [0, 0.05) is 25.0 Å². The van der Waals surface area contributed by atoms with Gasteiger partial charge in [0.1, 0.15) is 17.3 Å². The molecule has 1 amide bonds. The smallest absolute Gasteiger partial charge is 0.308 e. The van der Waals surface area contributed by atoms with Crippen molar-refractivity contribution in [1.82, 2.24) is 9.80 Å². The molecular formula is C26H28Cl2N2O6. The third-order valence-electron chi connectivity index (χ3n) is 5.99. The lowest BCUT2D eigenvalue weighted by molar-refractivity contribution is -0.140. The average molecular weight is 535 g/mol. The topological polar surface area (TPSA) is 96.4 Å². The number of ether oxygens (including phenoxy) is 2. The van der Waals surface area contributed by atoms with Gasteiger partial charge in [0.25, 0.3) is 11.7 Å². The van der Waals surface area contributed by atoms with Gasteiger partial charge in [0.05, 0.1) is 29.3 Å². The van der Waals surface area contributed by atoms with Crippen LogP contribution in [-0.4, -0.2) is 65.9 Å². The maximum Gasteiger partial charge on any atom is 0.308 e. The maximum absolute atomic E-state index is 13.3. The Labute approximate surface area is 220 Å². The fourth-order valence-electron chi connectivity index (χ4n) is 4.25. The Morgan fingerprint density at radius 3 is 2.44 bits per heavy atom. The predicted octanol–water partition coefficient (Wildman–Crippen LogP) is 4.69. The number of methoxy groups -OCH3 is 1. The number of ketones is 1. The molecule has 0 bridgehead atoms. The number of benzene rings is 2. The number of hydrogen-bond acceptors (Lipinski definition) is 7. The van der Waals surface area contributed by atoms with E-state index in [0.29, 0.717) is 12.1 Å². The van der Waals surface area contributed by atoms with Gasteiger partial charge in [0.15, 0.2) is 0 Å². The molecule has 1 aliphatic rings. The van der Waals surface area contributed by atoms with Crippen LogP contribution in [0.3, 0.4) is 0 Å². The number of carbonyl (C=O) groups is 3. The molecule has 1 unspecified atom stereocenters. The fourth-order valence-corrected chi connectivity index (χ4v) is 4.82. The van der Waals surface area contributed by atoms with Crippen molar-refractivity contribution in [2.75, 3.05) is 33.3 Å². The van der Waals surface area contributed by atoms with E-state index in [2.05, 4.69) is 4.90 Å². The second kappa shape index (κ2) is 11.8. The van der Waals surface area contributed by atoms with Crippen LogP contribution in [0.2, 0.25) is 10.0 Å². The van der Waals surface area contributed by atoms with Gasteiger partial charge in [-0.1, -0.05) is 49.2 Å². The highest BCUT2D eigenvalue weighted by atomic mass is 35.5. The summed E-state index contributed by atoms with van der Waals surface area (Å²) in [4.78, 5) is 41.6. The van der Waals surface area contributed by atoms with Gasteiger partial charge < -0.3 is 24.4 Å². The summed E-state index contributed by atoms with van der Waals surface area (Å²) in [7, 11) is 1.37. The minimum Gasteiger partial charge on any atom is -0.507 e. The van der Waals surface area contributed by atoms with Gasteiger partial charge in [-0.15, -0.1) is 0 Å². The summed E-state index contributed by atoms with van der Waals surface area (Å²) in [5, 5.41) is 11.7. The second-order valence-electron chi connectivity index (χ2n) is 8.15. The summed E-state index contributed by atoms with van der Waals surface area (Å²) in [5.74, 6) is -2.23. The van der Waals surface area contributed by atoms with E-state index in [9.17, 15) is 19.5 Å². The summed E-state index contributed by atoms with van der Waals surface area (Å²) in [6.45, 7) is 7.58. The average Bonchev–Trinajstić information content (AvgIpc) is 3.08. The van der Waals surface area contributed by atoms with Crippen LogP contribution in [0.15, 0.2) is 42.0 Å². The van der Waals surface area contributed by atoms with Crippen LogP contribution in [0.5, 0.6) is 11.5 Å². The van der Waals surface area contributed by atoms with Gasteiger partial charge in [-0.3, -0.25) is 14.4 Å². The van der Waals surface area contributed by atoms with E-state index in [1.165, 1.54) is 31.1 Å². The standard InChI is InChI=1S/C26H28Cl2N2O6/c1-5-29(6-2)10-11-30-22(16-8-7-9-18(12-16)36-15(3)31)21(24(33)26(30)34)23(32)19-13-17(27)14-20(28)25(19)35-4/h7-9,12-14,22,32H,5-6,10-11H2,1-4H3/b23-21+. The molecule has 0 aromatic heterocycles. The number of nitrogens with zero attached hydrogens (tertiary/aromatic N) is 2. The summed E-state index contributed by atoms with van der Waals surface area (Å²) in [6.07, 6.45) is 0. The summed E-state index contributed by atoms with van der Waals surface area (Å²) >= 11 is 12.4. The molecule has 1 saturated heterocycles. The zero-order valence-electron chi connectivity index (χ0n) is 20.5. The molecule has 1 atom stereocenters. The van der Waals surface area contributed by atoms with Crippen molar-refractivity contribution in [1.29, 1.82) is 0 Å². The highest BCUT2D eigenvalue weighted by molar-refractivity contribution is 6.46. The van der Waals surface area contributed by atoms with Crippen molar-refractivity contribution in [2.24, 2.45) is 0 Å². The summed E-state index contributed by atoms with van der Waals surface area (Å²) < 4.78 is 10.6. The molecule has 2 aromatic rings. The first-order valence-corrected chi connectivity index (χ1v) is 12.2. The van der Waals surface area contributed by atoms with E-state index in [1.807, 2.05) is 13.8 Å². The predicted molar refractivity (Wildman–Crippen MR) is 138 cm³/mol. The SMILES string of the molecule is CCN(CC)CCN1C(=O)C(=O)/C(=C(/O)c2cc(Cl)cc(Cl)c2OC)C1c1cccc(OC(C)=O)c1. The van der Waals surface area contributed by atoms with Crippen LogP contribution in [0.1, 0.15) is 37.9 Å². The number of aliphatic hydroxyl groups is 1. The molecule has 2 aromatic carbocycles. The molecule has 1 aliphatic heterocycles. The summed E-state index contributed by atoms with van der Waals surface area (Å²) in [5.41, 5.74) is 0.426. The van der Waals surface area contributed by atoms with Crippen molar-refractivity contribution in [2.45, 2.75) is 26.8 Å². The van der Waals surface area contributed by atoms with Crippen molar-refractivity contribution < 1.29 is 29.0 Å². The van der Waals surface area contributed by atoms with Gasteiger partial charge in [-0.05, 0) is 42.9 Å². The second-order valence-corrected chi connectivity index (χ2v) is 9.00. The van der Waals surface area contributed by atoms with Crippen molar-refractivity contribution >= 4 is 46.6 Å². The number of likely N-dealkylation sites (tertiary alicyclic amines) is 1. The van der Waals surface area contributed by atoms with Gasteiger partial charge in [-0.2, -0.15) is 0 Å². The molecule has 0 radical (unpaired) electrons. The molecular weight excluding hydrogens is 507 g/mol. The third kappa shape index (κ3) is 5.67. The molecule has 8 nitrogen and oxygen atoms in total. The number of Topliss-reactive ketones (excluding diaryl/α,β-unsaturated/α-hetero) is 1. The van der Waals surface area contributed by atoms with Crippen LogP contribution in [0.25, 0.3) is 5.76 Å². The normalized spacial score (nSPS) is 17.1. The molecule has 1 heterocycles. The number of likely N-dealkylation sites (N-methyl/N-ethyl adjacent to an activating group) is 1. The highest BCUT2D eigenvalue weighted by Crippen LogP contribution is 2.43. The Bertz CT molecular complexity index is 1210. The quantitative estimate of drug-likeness (QED) is 0.164. The van der Waals surface area contributed by atoms with E-state index in [-0.39, 0.29) is 39.2 Å². The Morgan fingerprint density at radius 1 is 1.14 bits per heavy atom. The molecule has 1 N–H and O–H groups in total. The molecule has 1 fully saturated rings. The Balaban J connectivity index is 2.22. The molecule has 3 rings (SSSR count). The first kappa shape index (κ1) is 27.5. The molecule has 0 aliphatic carbocycles. The molecule has 192 valence electrons. The Hall–Kier alpha value is -3.07. The Morgan fingerprint density at radius 2 is 1.83 bits per heavy atom. The van der Waals surface area contributed by atoms with Crippen LogP contribution in [-0.2, 0) is 14.4 Å². The monoisotopic (exact) mass is 534 g/mol. The summed E-state index contributed by atoms with van der Waals surface area (Å²) in [6, 6.07) is 8.42. The van der Waals surface area contributed by atoms with E-state index < -0.39 is 29.5 Å². The van der Waals surface area contributed by atoms with Gasteiger partial charge in [0.2, 0.25) is 0 Å². The minimum absolute atomic E-state index is 0.0814. The zero-order valence-corrected chi connectivity index (χ0v) is 22.0. The number of amides is 1. The van der Waals surface area contributed by atoms with Gasteiger partial charge in [-0.25, -0.2) is 0 Å². The minimum atomic E-state index is -0.946. The molecule has 0 saturated carbocycles. The van der Waals surface area contributed by atoms with E-state index in [1.54, 1.807) is 24.3 Å². The first-order valence-electron chi connectivity index (χ1n) is 11.4. The van der Waals surface area contributed by atoms with Gasteiger partial charge >= 0.3 is 5.97 Å². The fraction of sp³-hybridized carbons (Fsp3) is 0.346. The largest absolute Gasteiger partial charge is 0.507 e. The lowest BCUT2D eigenvalue weighted by atomic mass is 9.94. The molecule has 0 spiro atoms. The molecule has 10 heteroatoms. The van der Waals surface area contributed by atoms with Crippen molar-refractivity contribution in [3.63, 3.8) is 0 Å². The van der Waals surface area contributed by atoms with Crippen LogP contribution >= 0.6 is 23.2 Å². The maximum atomic E-state index is 13.3. The van der Waals surface area contributed by atoms with E-state index >= 15 is 0 Å². The number of esters is 1.